The Morgan fingerprint density at radius 1 is 1.35 bits per heavy atom. The molecule has 2 N–H and O–H groups in total. The lowest BCUT2D eigenvalue weighted by Gasteiger charge is -2.13. The average molecular weight is 272 g/mol. The summed E-state index contributed by atoms with van der Waals surface area (Å²) in [6, 6.07) is 8.30. The number of carbonyl (C=O) groups excluding carboxylic acids is 1. The fourth-order valence-corrected chi connectivity index (χ4v) is 2.32. The minimum absolute atomic E-state index is 0.128. The van der Waals surface area contributed by atoms with Crippen molar-refractivity contribution in [3.05, 3.63) is 47.3 Å². The first-order chi connectivity index (χ1) is 9.60. The van der Waals surface area contributed by atoms with Gasteiger partial charge in [0.1, 0.15) is 0 Å². The van der Waals surface area contributed by atoms with Crippen molar-refractivity contribution in [1.82, 2.24) is 15.0 Å². The van der Waals surface area contributed by atoms with Gasteiger partial charge >= 0.3 is 0 Å². The van der Waals surface area contributed by atoms with Gasteiger partial charge in [-0.15, -0.1) is 5.10 Å². The summed E-state index contributed by atoms with van der Waals surface area (Å²) in [6.45, 7) is 2.16. The molecule has 0 aliphatic rings. The Morgan fingerprint density at radius 3 is 2.55 bits per heavy atom. The molecular weight excluding hydrogens is 252 g/mol. The van der Waals surface area contributed by atoms with Gasteiger partial charge in [-0.05, 0) is 17.5 Å². The summed E-state index contributed by atoms with van der Waals surface area (Å²) in [5, 5.41) is 8.04. The molecule has 2 rings (SSSR count). The van der Waals surface area contributed by atoms with E-state index in [9.17, 15) is 4.79 Å². The van der Waals surface area contributed by atoms with E-state index in [-0.39, 0.29) is 18.2 Å². The molecule has 1 heterocycles. The zero-order valence-electron chi connectivity index (χ0n) is 11.9. The Morgan fingerprint density at radius 2 is 2.05 bits per heavy atom. The summed E-state index contributed by atoms with van der Waals surface area (Å²) in [5.41, 5.74) is 8.48. The molecule has 1 aromatic carbocycles. The van der Waals surface area contributed by atoms with Gasteiger partial charge in [0, 0.05) is 25.6 Å². The standard InChI is InChI=1S/C15H20N4O/c1-3-4-11-5-7-12(8-6-11)13(9-15(16)20)14-10-19(2)18-17-14/h5-8,10,13H,3-4,9H2,1-2H3,(H2,16,20)/t13-/m0/s1. The molecule has 1 aromatic heterocycles. The van der Waals surface area contributed by atoms with Crippen molar-refractivity contribution in [2.45, 2.75) is 32.1 Å². The molecule has 0 unspecified atom stereocenters. The first kappa shape index (κ1) is 14.2. The summed E-state index contributed by atoms with van der Waals surface area (Å²) < 4.78 is 1.63. The Labute approximate surface area is 118 Å². The third-order valence-corrected chi connectivity index (χ3v) is 3.30. The Kier molecular flexibility index (Phi) is 4.50. The Balaban J connectivity index is 2.28. The lowest BCUT2D eigenvalue weighted by atomic mass is 9.91. The summed E-state index contributed by atoms with van der Waals surface area (Å²) in [6.07, 6.45) is 4.25. The summed E-state index contributed by atoms with van der Waals surface area (Å²) >= 11 is 0. The number of rotatable bonds is 6. The largest absolute Gasteiger partial charge is 0.370 e. The van der Waals surface area contributed by atoms with Crippen molar-refractivity contribution < 1.29 is 4.79 Å². The minimum Gasteiger partial charge on any atom is -0.370 e. The molecule has 0 saturated carbocycles. The van der Waals surface area contributed by atoms with E-state index in [0.717, 1.165) is 24.1 Å². The molecule has 5 heteroatoms. The maximum atomic E-state index is 11.3. The van der Waals surface area contributed by atoms with Crippen LogP contribution in [0, 0.1) is 0 Å². The number of benzene rings is 1. The smallest absolute Gasteiger partial charge is 0.218 e. The number of carbonyl (C=O) groups is 1. The van der Waals surface area contributed by atoms with Gasteiger partial charge < -0.3 is 5.73 Å². The summed E-state index contributed by atoms with van der Waals surface area (Å²) in [7, 11) is 1.81. The monoisotopic (exact) mass is 272 g/mol. The molecule has 0 aliphatic carbocycles. The summed E-state index contributed by atoms with van der Waals surface area (Å²) in [5.74, 6) is -0.463. The van der Waals surface area contributed by atoms with Gasteiger partial charge in [0.2, 0.25) is 5.91 Å². The summed E-state index contributed by atoms with van der Waals surface area (Å²) in [4.78, 5) is 11.3. The molecule has 2 aromatic rings. The van der Waals surface area contributed by atoms with Crippen molar-refractivity contribution >= 4 is 5.91 Å². The van der Waals surface area contributed by atoms with E-state index in [2.05, 4.69) is 29.4 Å². The van der Waals surface area contributed by atoms with Gasteiger partial charge in [0.05, 0.1) is 5.69 Å². The van der Waals surface area contributed by atoms with Crippen LogP contribution < -0.4 is 5.73 Å². The Bertz CT molecular complexity index is 574. The quantitative estimate of drug-likeness (QED) is 0.871. The van der Waals surface area contributed by atoms with Crippen molar-refractivity contribution in [3.63, 3.8) is 0 Å². The maximum absolute atomic E-state index is 11.3. The molecule has 1 atom stereocenters. The topological polar surface area (TPSA) is 73.8 Å². The van der Waals surface area contributed by atoms with Crippen LogP contribution in [0.1, 0.15) is 42.5 Å². The van der Waals surface area contributed by atoms with E-state index in [1.54, 1.807) is 4.68 Å². The predicted octanol–water partition coefficient (Wildman–Crippen LogP) is 1.77. The average Bonchev–Trinajstić information content (AvgIpc) is 2.84. The van der Waals surface area contributed by atoms with Gasteiger partial charge in [0.15, 0.2) is 0 Å². The number of nitrogens with zero attached hydrogens (tertiary/aromatic N) is 3. The van der Waals surface area contributed by atoms with E-state index in [1.807, 2.05) is 25.4 Å². The minimum atomic E-state index is -0.335. The van der Waals surface area contributed by atoms with E-state index >= 15 is 0 Å². The molecular formula is C15H20N4O. The zero-order valence-corrected chi connectivity index (χ0v) is 11.9. The normalized spacial score (nSPS) is 12.3. The number of nitrogens with two attached hydrogens (primary N) is 1. The SMILES string of the molecule is CCCc1ccc([C@H](CC(N)=O)c2cn(C)nn2)cc1. The van der Waals surface area contributed by atoms with Crippen LogP contribution in [-0.4, -0.2) is 20.9 Å². The number of aromatic nitrogens is 3. The van der Waals surface area contributed by atoms with E-state index < -0.39 is 0 Å². The molecule has 20 heavy (non-hydrogen) atoms. The molecule has 0 saturated heterocycles. The van der Waals surface area contributed by atoms with Crippen LogP contribution >= 0.6 is 0 Å². The third-order valence-electron chi connectivity index (χ3n) is 3.30. The molecule has 1 amide bonds. The third kappa shape index (κ3) is 3.44. The molecule has 106 valence electrons. The van der Waals surface area contributed by atoms with E-state index in [0.29, 0.717) is 0 Å². The highest BCUT2D eigenvalue weighted by Gasteiger charge is 2.19. The van der Waals surface area contributed by atoms with Crippen molar-refractivity contribution in [2.24, 2.45) is 12.8 Å². The second-order valence-electron chi connectivity index (χ2n) is 5.03. The second kappa shape index (κ2) is 6.32. The molecule has 0 radical (unpaired) electrons. The molecule has 0 aliphatic heterocycles. The number of aryl methyl sites for hydroxylation is 2. The van der Waals surface area contributed by atoms with Gasteiger partial charge in [-0.2, -0.15) is 0 Å². The van der Waals surface area contributed by atoms with Crippen molar-refractivity contribution in [2.75, 3.05) is 0 Å². The maximum Gasteiger partial charge on any atom is 0.218 e. The van der Waals surface area contributed by atoms with E-state index in [4.69, 9.17) is 5.73 Å². The molecule has 5 nitrogen and oxygen atoms in total. The van der Waals surface area contributed by atoms with Gasteiger partial charge in [-0.25, -0.2) is 0 Å². The first-order valence-corrected chi connectivity index (χ1v) is 6.83. The zero-order chi connectivity index (χ0) is 14.5. The molecule has 0 bridgehead atoms. The highest BCUT2D eigenvalue weighted by atomic mass is 16.1. The predicted molar refractivity (Wildman–Crippen MR) is 77.1 cm³/mol. The Hall–Kier alpha value is -2.17. The van der Waals surface area contributed by atoms with Crippen LogP contribution in [0.5, 0.6) is 0 Å². The van der Waals surface area contributed by atoms with Gasteiger partial charge in [0.25, 0.3) is 0 Å². The highest BCUT2D eigenvalue weighted by Crippen LogP contribution is 2.26. The van der Waals surface area contributed by atoms with Crippen LogP contribution in [0.2, 0.25) is 0 Å². The number of amides is 1. The number of hydrogen-bond acceptors (Lipinski definition) is 3. The fourth-order valence-electron chi connectivity index (χ4n) is 2.32. The first-order valence-electron chi connectivity index (χ1n) is 6.83. The number of primary amides is 1. The van der Waals surface area contributed by atoms with Crippen LogP contribution in [0.3, 0.4) is 0 Å². The lowest BCUT2D eigenvalue weighted by molar-refractivity contribution is -0.118. The van der Waals surface area contributed by atoms with E-state index in [1.165, 1.54) is 5.56 Å². The van der Waals surface area contributed by atoms with Crippen LogP contribution in [0.15, 0.2) is 30.5 Å². The second-order valence-corrected chi connectivity index (χ2v) is 5.03. The van der Waals surface area contributed by atoms with Crippen LogP contribution in [0.4, 0.5) is 0 Å². The molecule has 0 spiro atoms. The van der Waals surface area contributed by atoms with Crippen molar-refractivity contribution in [1.29, 1.82) is 0 Å². The van der Waals surface area contributed by atoms with Crippen molar-refractivity contribution in [3.8, 4) is 0 Å². The van der Waals surface area contributed by atoms with Gasteiger partial charge in [-0.1, -0.05) is 42.8 Å². The molecule has 0 fully saturated rings. The van der Waals surface area contributed by atoms with Gasteiger partial charge in [-0.3, -0.25) is 9.48 Å². The number of hydrogen-bond donors (Lipinski definition) is 1. The van der Waals surface area contributed by atoms with Crippen LogP contribution in [0.25, 0.3) is 0 Å². The lowest BCUT2D eigenvalue weighted by Crippen LogP contribution is -2.16. The van der Waals surface area contributed by atoms with Crippen LogP contribution in [-0.2, 0) is 18.3 Å². The highest BCUT2D eigenvalue weighted by molar-refractivity contribution is 5.75. The fraction of sp³-hybridized carbons (Fsp3) is 0.400.